The van der Waals surface area contributed by atoms with Gasteiger partial charge in [0.25, 0.3) is 0 Å². The fraction of sp³-hybridized carbons (Fsp3) is 0.304. The Morgan fingerprint density at radius 3 is 2.33 bits per heavy atom. The predicted octanol–water partition coefficient (Wildman–Crippen LogP) is 3.80. The number of benzene rings is 2. The topological polar surface area (TPSA) is 65.7 Å². The third-order valence-electron chi connectivity index (χ3n) is 4.78. The molecule has 0 saturated carbocycles. The van der Waals surface area contributed by atoms with Crippen molar-refractivity contribution in [3.8, 4) is 11.5 Å². The molecule has 0 aliphatic carbocycles. The molecule has 0 radical (unpaired) electrons. The van der Waals surface area contributed by atoms with Gasteiger partial charge >= 0.3 is 0 Å². The van der Waals surface area contributed by atoms with Gasteiger partial charge < -0.3 is 20.0 Å². The summed E-state index contributed by atoms with van der Waals surface area (Å²) in [6, 6.07) is 20.8. The van der Waals surface area contributed by atoms with E-state index in [1.165, 1.54) is 5.56 Å². The second-order valence-corrected chi connectivity index (χ2v) is 7.12. The number of nitrogens with one attached hydrogen (secondary N) is 2. The van der Waals surface area contributed by atoms with Crippen LogP contribution < -0.4 is 10.6 Å². The Balaban J connectivity index is 0.00000320. The van der Waals surface area contributed by atoms with Crippen molar-refractivity contribution in [2.24, 2.45) is 4.99 Å². The molecule has 3 aromatic rings. The van der Waals surface area contributed by atoms with Crippen molar-refractivity contribution in [2.75, 3.05) is 27.7 Å². The molecule has 0 amide bonds. The van der Waals surface area contributed by atoms with Crippen molar-refractivity contribution < 1.29 is 4.42 Å². The van der Waals surface area contributed by atoms with Crippen molar-refractivity contribution in [1.82, 2.24) is 20.5 Å². The summed E-state index contributed by atoms with van der Waals surface area (Å²) < 4.78 is 5.59. The number of guanidine groups is 1. The van der Waals surface area contributed by atoms with E-state index in [1.807, 2.05) is 36.4 Å². The van der Waals surface area contributed by atoms with Crippen LogP contribution >= 0.6 is 24.0 Å². The first kappa shape index (κ1) is 23.9. The molecule has 0 spiro atoms. The van der Waals surface area contributed by atoms with Gasteiger partial charge in [-0.1, -0.05) is 48.5 Å². The third kappa shape index (κ3) is 7.14. The molecule has 0 fully saturated rings. The molecule has 0 aliphatic rings. The number of hydrogen-bond donors (Lipinski definition) is 2. The largest absolute Gasteiger partial charge is 0.444 e. The normalized spacial score (nSPS) is 12.3. The highest BCUT2D eigenvalue weighted by Gasteiger charge is 2.13. The van der Waals surface area contributed by atoms with Gasteiger partial charge in [-0.3, -0.25) is 4.99 Å². The van der Waals surface area contributed by atoms with Crippen LogP contribution in [0.15, 0.2) is 76.3 Å². The zero-order valence-corrected chi connectivity index (χ0v) is 20.0. The lowest BCUT2D eigenvalue weighted by molar-refractivity contribution is 0.290. The van der Waals surface area contributed by atoms with Crippen LogP contribution in [0, 0.1) is 0 Å². The Morgan fingerprint density at radius 1 is 1.03 bits per heavy atom. The standard InChI is InChI=1S/C23H29N5O.HI/c1-24-23(26-16-21(28(2)3)14-18-10-6-4-7-11-18)25-15-20-17-29-22(27-20)19-12-8-5-9-13-19;/h4-13,17,21H,14-16H2,1-3H3,(H2,24,25,26);1H. The zero-order chi connectivity index (χ0) is 20.5. The first-order valence-corrected chi connectivity index (χ1v) is 9.80. The van der Waals surface area contributed by atoms with Crippen molar-refractivity contribution in [1.29, 1.82) is 0 Å². The summed E-state index contributed by atoms with van der Waals surface area (Å²) >= 11 is 0. The Kier molecular flexibility index (Phi) is 9.82. The summed E-state index contributed by atoms with van der Waals surface area (Å²) in [6.07, 6.45) is 2.65. The van der Waals surface area contributed by atoms with Gasteiger partial charge in [-0.25, -0.2) is 4.98 Å². The van der Waals surface area contributed by atoms with Crippen molar-refractivity contribution in [3.05, 3.63) is 78.2 Å². The molecule has 1 heterocycles. The minimum absolute atomic E-state index is 0. The first-order valence-electron chi connectivity index (χ1n) is 9.80. The Morgan fingerprint density at radius 2 is 1.70 bits per heavy atom. The second kappa shape index (κ2) is 12.3. The van der Waals surface area contributed by atoms with Crippen LogP contribution in [0.3, 0.4) is 0 Å². The number of halogens is 1. The summed E-state index contributed by atoms with van der Waals surface area (Å²) in [4.78, 5) is 11.1. The van der Waals surface area contributed by atoms with Crippen molar-refractivity contribution in [3.63, 3.8) is 0 Å². The average molecular weight is 519 g/mol. The van der Waals surface area contributed by atoms with Crippen LogP contribution in [0.5, 0.6) is 0 Å². The molecule has 2 aromatic carbocycles. The average Bonchev–Trinajstić information content (AvgIpc) is 3.23. The highest BCUT2D eigenvalue weighted by Crippen LogP contribution is 2.17. The third-order valence-corrected chi connectivity index (χ3v) is 4.78. The number of likely N-dealkylation sites (N-methyl/N-ethyl adjacent to an activating group) is 1. The molecule has 0 bridgehead atoms. The molecular weight excluding hydrogens is 489 g/mol. The van der Waals surface area contributed by atoms with Crippen LogP contribution in [0.25, 0.3) is 11.5 Å². The molecule has 7 heteroatoms. The van der Waals surface area contributed by atoms with Gasteiger partial charge in [-0.2, -0.15) is 0 Å². The van der Waals surface area contributed by atoms with Gasteiger partial charge in [0.1, 0.15) is 6.26 Å². The molecule has 2 N–H and O–H groups in total. The number of oxazole rings is 1. The molecule has 1 unspecified atom stereocenters. The van der Waals surface area contributed by atoms with E-state index in [4.69, 9.17) is 4.42 Å². The monoisotopic (exact) mass is 519 g/mol. The summed E-state index contributed by atoms with van der Waals surface area (Å²) in [6.45, 7) is 1.33. The lowest BCUT2D eigenvalue weighted by atomic mass is 10.1. The summed E-state index contributed by atoms with van der Waals surface area (Å²) in [5.74, 6) is 1.37. The van der Waals surface area contributed by atoms with Crippen LogP contribution in [0.2, 0.25) is 0 Å². The summed E-state index contributed by atoms with van der Waals surface area (Å²) in [5, 5.41) is 6.73. The fourth-order valence-corrected chi connectivity index (χ4v) is 3.03. The smallest absolute Gasteiger partial charge is 0.226 e. The molecule has 6 nitrogen and oxygen atoms in total. The minimum Gasteiger partial charge on any atom is -0.444 e. The van der Waals surface area contributed by atoms with Gasteiger partial charge in [0.2, 0.25) is 5.89 Å². The van der Waals surface area contributed by atoms with Gasteiger partial charge in [0.05, 0.1) is 12.2 Å². The van der Waals surface area contributed by atoms with E-state index in [2.05, 4.69) is 63.9 Å². The van der Waals surface area contributed by atoms with Crippen molar-refractivity contribution in [2.45, 2.75) is 19.0 Å². The summed E-state index contributed by atoms with van der Waals surface area (Å²) in [7, 11) is 5.98. The lowest BCUT2D eigenvalue weighted by Crippen LogP contribution is -2.45. The van der Waals surface area contributed by atoms with Crippen LogP contribution in [-0.4, -0.2) is 49.6 Å². The van der Waals surface area contributed by atoms with Crippen LogP contribution in [-0.2, 0) is 13.0 Å². The first-order chi connectivity index (χ1) is 14.2. The molecule has 0 saturated heterocycles. The maximum atomic E-state index is 5.59. The number of aliphatic imine (C=N–C) groups is 1. The predicted molar refractivity (Wildman–Crippen MR) is 133 cm³/mol. The van der Waals surface area contributed by atoms with Crippen LogP contribution in [0.4, 0.5) is 0 Å². The summed E-state index contributed by atoms with van der Waals surface area (Å²) in [5.41, 5.74) is 3.13. The second-order valence-electron chi connectivity index (χ2n) is 7.12. The zero-order valence-electron chi connectivity index (χ0n) is 17.7. The van der Waals surface area contributed by atoms with E-state index in [9.17, 15) is 0 Å². The quantitative estimate of drug-likeness (QED) is 0.269. The number of hydrogen-bond acceptors (Lipinski definition) is 4. The Bertz CT molecular complexity index is 896. The van der Waals surface area contributed by atoms with E-state index in [0.717, 1.165) is 30.2 Å². The number of aromatic nitrogens is 1. The molecule has 0 aliphatic heterocycles. The lowest BCUT2D eigenvalue weighted by Gasteiger charge is -2.25. The van der Waals surface area contributed by atoms with Crippen molar-refractivity contribution >= 4 is 29.9 Å². The maximum Gasteiger partial charge on any atom is 0.226 e. The van der Waals surface area contributed by atoms with E-state index in [0.29, 0.717) is 18.5 Å². The Labute approximate surface area is 195 Å². The highest BCUT2D eigenvalue weighted by molar-refractivity contribution is 14.0. The van der Waals surface area contributed by atoms with Crippen LogP contribution in [0.1, 0.15) is 11.3 Å². The SMILES string of the molecule is CN=C(NCc1coc(-c2ccccc2)n1)NCC(Cc1ccccc1)N(C)C.I. The fourth-order valence-electron chi connectivity index (χ4n) is 3.03. The molecule has 1 aromatic heterocycles. The molecule has 1 atom stereocenters. The molecule has 160 valence electrons. The maximum absolute atomic E-state index is 5.59. The van der Waals surface area contributed by atoms with Gasteiger partial charge in [-0.15, -0.1) is 24.0 Å². The number of nitrogens with zero attached hydrogens (tertiary/aromatic N) is 3. The van der Waals surface area contributed by atoms with Gasteiger partial charge in [0, 0.05) is 25.2 Å². The van der Waals surface area contributed by atoms with Gasteiger partial charge in [0.15, 0.2) is 5.96 Å². The molecule has 3 rings (SSSR count). The molecule has 30 heavy (non-hydrogen) atoms. The van der Waals surface area contributed by atoms with E-state index in [-0.39, 0.29) is 24.0 Å². The van der Waals surface area contributed by atoms with Gasteiger partial charge in [-0.05, 0) is 38.2 Å². The Hall–Kier alpha value is -2.39. The van der Waals surface area contributed by atoms with E-state index >= 15 is 0 Å². The van der Waals surface area contributed by atoms with E-state index in [1.54, 1.807) is 13.3 Å². The molecular formula is C23H30IN5O. The van der Waals surface area contributed by atoms with E-state index < -0.39 is 0 Å². The number of rotatable bonds is 8. The highest BCUT2D eigenvalue weighted by atomic mass is 127. The minimum atomic E-state index is 0.